The molecule has 2 saturated heterocycles. The van der Waals surface area contributed by atoms with Crippen LogP contribution in [0.4, 0.5) is 5.69 Å². The van der Waals surface area contributed by atoms with Crippen LogP contribution in [0.25, 0.3) is 0 Å². The summed E-state index contributed by atoms with van der Waals surface area (Å²) >= 11 is 5.90. The summed E-state index contributed by atoms with van der Waals surface area (Å²) in [6, 6.07) is 7.26. The molecule has 0 saturated carbocycles. The molecule has 2 unspecified atom stereocenters. The Labute approximate surface area is 147 Å². The summed E-state index contributed by atoms with van der Waals surface area (Å²) in [6.45, 7) is 5.95. The minimum absolute atomic E-state index is 0.0105. The van der Waals surface area contributed by atoms with E-state index in [4.69, 9.17) is 17.3 Å². The predicted octanol–water partition coefficient (Wildman–Crippen LogP) is 2.28. The number of piperidine rings is 1. The van der Waals surface area contributed by atoms with Crippen molar-refractivity contribution in [3.63, 3.8) is 0 Å². The lowest BCUT2D eigenvalue weighted by atomic mass is 9.79. The first kappa shape index (κ1) is 17.2. The number of carbonyl (C=O) groups is 2. The summed E-state index contributed by atoms with van der Waals surface area (Å²) in [5.41, 5.74) is 6.85. The van der Waals surface area contributed by atoms with Crippen molar-refractivity contribution >= 4 is 29.1 Å². The molecule has 0 spiro atoms. The molecule has 2 aliphatic rings. The average Bonchev–Trinajstić information content (AvgIpc) is 2.92. The number of hydrogen-bond acceptors (Lipinski definition) is 3. The van der Waals surface area contributed by atoms with Gasteiger partial charge in [0.15, 0.2) is 0 Å². The molecule has 2 N–H and O–H groups in total. The molecule has 5 nitrogen and oxygen atoms in total. The molecule has 2 heterocycles. The molecule has 2 fully saturated rings. The lowest BCUT2D eigenvalue weighted by molar-refractivity contribution is -0.139. The van der Waals surface area contributed by atoms with Gasteiger partial charge in [0.2, 0.25) is 11.8 Å². The molecule has 6 heteroatoms. The molecule has 1 aromatic carbocycles. The van der Waals surface area contributed by atoms with E-state index < -0.39 is 0 Å². The topological polar surface area (TPSA) is 66.6 Å². The maximum atomic E-state index is 12.9. The number of halogens is 1. The first-order chi connectivity index (χ1) is 11.3. The van der Waals surface area contributed by atoms with Gasteiger partial charge in [0, 0.05) is 42.8 Å². The number of hydrogen-bond donors (Lipinski definition) is 1. The van der Waals surface area contributed by atoms with E-state index in [2.05, 4.69) is 13.8 Å². The Morgan fingerprint density at radius 1 is 1.29 bits per heavy atom. The number of nitrogens with two attached hydrogens (primary N) is 1. The zero-order valence-electron chi connectivity index (χ0n) is 14.2. The molecule has 3 rings (SSSR count). The van der Waals surface area contributed by atoms with Crippen LogP contribution in [0.1, 0.15) is 26.7 Å². The van der Waals surface area contributed by atoms with Crippen LogP contribution in [-0.2, 0) is 9.59 Å². The lowest BCUT2D eigenvalue weighted by Crippen LogP contribution is -2.55. The Balaban J connectivity index is 1.69. The Morgan fingerprint density at radius 2 is 1.96 bits per heavy atom. The second-order valence-corrected chi connectivity index (χ2v) is 7.96. The minimum atomic E-state index is -0.279. The third-order valence-corrected chi connectivity index (χ3v) is 5.49. The van der Waals surface area contributed by atoms with Crippen LogP contribution in [0.15, 0.2) is 24.3 Å². The Morgan fingerprint density at radius 3 is 2.58 bits per heavy atom. The van der Waals surface area contributed by atoms with E-state index >= 15 is 0 Å². The molecule has 0 aromatic heterocycles. The monoisotopic (exact) mass is 349 g/mol. The van der Waals surface area contributed by atoms with Crippen molar-refractivity contribution in [3.8, 4) is 0 Å². The maximum Gasteiger partial charge on any atom is 0.228 e. The third-order valence-electron chi connectivity index (χ3n) is 5.24. The van der Waals surface area contributed by atoms with Crippen molar-refractivity contribution in [2.45, 2.75) is 32.7 Å². The van der Waals surface area contributed by atoms with E-state index in [1.54, 1.807) is 17.0 Å². The Kier molecular flexibility index (Phi) is 4.58. The standard InChI is InChI=1S/C18H24ClN3O2/c1-18(2)11-21(8-7-15(18)20)17(24)12-9-16(23)22(10-12)14-5-3-13(19)4-6-14/h3-6,12,15H,7-11,20H2,1-2H3. The van der Waals surface area contributed by atoms with Gasteiger partial charge in [-0.05, 0) is 36.1 Å². The van der Waals surface area contributed by atoms with E-state index in [0.29, 0.717) is 24.7 Å². The van der Waals surface area contributed by atoms with Gasteiger partial charge in [-0.15, -0.1) is 0 Å². The van der Waals surface area contributed by atoms with E-state index in [1.165, 1.54) is 0 Å². The maximum absolute atomic E-state index is 12.9. The van der Waals surface area contributed by atoms with Crippen LogP contribution in [0.2, 0.25) is 5.02 Å². The van der Waals surface area contributed by atoms with E-state index in [0.717, 1.165) is 12.1 Å². The Hall–Kier alpha value is -1.59. The SMILES string of the molecule is CC1(C)CN(C(=O)C2CC(=O)N(c3ccc(Cl)cc3)C2)CCC1N. The number of carbonyl (C=O) groups excluding carboxylic acids is 2. The molecular weight excluding hydrogens is 326 g/mol. The van der Waals surface area contributed by atoms with Gasteiger partial charge < -0.3 is 15.5 Å². The summed E-state index contributed by atoms with van der Waals surface area (Å²) < 4.78 is 0. The van der Waals surface area contributed by atoms with Gasteiger partial charge in [-0.3, -0.25) is 9.59 Å². The van der Waals surface area contributed by atoms with Crippen molar-refractivity contribution in [1.29, 1.82) is 0 Å². The number of likely N-dealkylation sites (tertiary alicyclic amines) is 1. The molecule has 24 heavy (non-hydrogen) atoms. The number of amides is 2. The van der Waals surface area contributed by atoms with Crippen LogP contribution in [0, 0.1) is 11.3 Å². The molecule has 2 aliphatic heterocycles. The molecule has 2 amide bonds. The van der Waals surface area contributed by atoms with Crippen LogP contribution in [0.5, 0.6) is 0 Å². The zero-order chi connectivity index (χ0) is 17.5. The van der Waals surface area contributed by atoms with Gasteiger partial charge in [-0.25, -0.2) is 0 Å². The van der Waals surface area contributed by atoms with Gasteiger partial charge in [-0.2, -0.15) is 0 Å². The van der Waals surface area contributed by atoms with E-state index in [9.17, 15) is 9.59 Å². The van der Waals surface area contributed by atoms with Crippen LogP contribution >= 0.6 is 11.6 Å². The number of anilines is 1. The van der Waals surface area contributed by atoms with Gasteiger partial charge in [-0.1, -0.05) is 25.4 Å². The van der Waals surface area contributed by atoms with Gasteiger partial charge >= 0.3 is 0 Å². The predicted molar refractivity (Wildman–Crippen MR) is 94.9 cm³/mol. The van der Waals surface area contributed by atoms with Gasteiger partial charge in [0.1, 0.15) is 0 Å². The molecule has 130 valence electrons. The minimum Gasteiger partial charge on any atom is -0.342 e. The summed E-state index contributed by atoms with van der Waals surface area (Å²) in [6.07, 6.45) is 1.07. The average molecular weight is 350 g/mol. The second kappa shape index (κ2) is 6.37. The first-order valence-electron chi connectivity index (χ1n) is 8.38. The summed E-state index contributed by atoms with van der Waals surface area (Å²) in [5, 5.41) is 0.630. The molecule has 2 atom stereocenters. The molecule has 0 bridgehead atoms. The van der Waals surface area contributed by atoms with Crippen molar-refractivity contribution < 1.29 is 9.59 Å². The summed E-state index contributed by atoms with van der Waals surface area (Å²) in [7, 11) is 0. The normalized spacial score (nSPS) is 26.8. The van der Waals surface area contributed by atoms with Crippen molar-refractivity contribution in [3.05, 3.63) is 29.3 Å². The quantitative estimate of drug-likeness (QED) is 0.890. The highest BCUT2D eigenvalue weighted by molar-refractivity contribution is 6.30. The van der Waals surface area contributed by atoms with Gasteiger partial charge in [0.25, 0.3) is 0 Å². The lowest BCUT2D eigenvalue weighted by Gasteiger charge is -2.43. The van der Waals surface area contributed by atoms with Crippen molar-refractivity contribution in [1.82, 2.24) is 4.90 Å². The van der Waals surface area contributed by atoms with Crippen molar-refractivity contribution in [2.75, 3.05) is 24.5 Å². The van der Waals surface area contributed by atoms with Gasteiger partial charge in [0.05, 0.1) is 5.92 Å². The number of nitrogens with zero attached hydrogens (tertiary/aromatic N) is 2. The number of benzene rings is 1. The third kappa shape index (κ3) is 3.28. The number of rotatable bonds is 2. The summed E-state index contributed by atoms with van der Waals surface area (Å²) in [4.78, 5) is 28.8. The molecule has 1 aromatic rings. The van der Waals surface area contributed by atoms with Crippen molar-refractivity contribution in [2.24, 2.45) is 17.1 Å². The van der Waals surface area contributed by atoms with Crippen LogP contribution < -0.4 is 10.6 Å². The fraction of sp³-hybridized carbons (Fsp3) is 0.556. The van der Waals surface area contributed by atoms with Crippen LogP contribution in [-0.4, -0.2) is 42.4 Å². The fourth-order valence-electron chi connectivity index (χ4n) is 3.56. The highest BCUT2D eigenvalue weighted by atomic mass is 35.5. The Bertz CT molecular complexity index is 644. The van der Waals surface area contributed by atoms with E-state index in [1.807, 2.05) is 17.0 Å². The first-order valence-corrected chi connectivity index (χ1v) is 8.76. The second-order valence-electron chi connectivity index (χ2n) is 7.53. The highest BCUT2D eigenvalue weighted by Crippen LogP contribution is 2.31. The molecule has 0 aliphatic carbocycles. The largest absolute Gasteiger partial charge is 0.342 e. The molecule has 0 radical (unpaired) electrons. The molecular formula is C18H24ClN3O2. The van der Waals surface area contributed by atoms with E-state index in [-0.39, 0.29) is 35.6 Å². The fourth-order valence-corrected chi connectivity index (χ4v) is 3.69. The summed E-state index contributed by atoms with van der Waals surface area (Å²) in [5.74, 6) is -0.221. The van der Waals surface area contributed by atoms with Crippen LogP contribution in [0.3, 0.4) is 0 Å². The zero-order valence-corrected chi connectivity index (χ0v) is 14.9. The highest BCUT2D eigenvalue weighted by Gasteiger charge is 2.41. The smallest absolute Gasteiger partial charge is 0.228 e.